The number of nitrogens with one attached hydrogen (secondary N) is 1. The minimum atomic E-state index is 0.486. The van der Waals surface area contributed by atoms with Crippen LogP contribution in [0.4, 0.5) is 11.6 Å². The lowest BCUT2D eigenvalue weighted by Crippen LogP contribution is -2.03. The molecule has 0 amide bonds. The van der Waals surface area contributed by atoms with Crippen LogP contribution in [0.15, 0.2) is 54.6 Å². The van der Waals surface area contributed by atoms with E-state index in [4.69, 9.17) is 4.74 Å². The Morgan fingerprint density at radius 2 is 1.67 bits per heavy atom. The van der Waals surface area contributed by atoms with Crippen molar-refractivity contribution in [2.24, 2.45) is 0 Å². The second kappa shape index (κ2) is 7.13. The summed E-state index contributed by atoms with van der Waals surface area (Å²) in [5, 5.41) is 3.25. The van der Waals surface area contributed by atoms with Gasteiger partial charge in [-0.05, 0) is 49.6 Å². The molecule has 0 spiro atoms. The summed E-state index contributed by atoms with van der Waals surface area (Å²) in [5.41, 5.74) is 5.43. The second-order valence-corrected chi connectivity index (χ2v) is 5.87. The molecule has 24 heavy (non-hydrogen) atoms. The molecule has 0 saturated carbocycles. The zero-order chi connectivity index (χ0) is 16.9. The lowest BCUT2D eigenvalue weighted by Gasteiger charge is -2.10. The van der Waals surface area contributed by atoms with E-state index in [0.29, 0.717) is 18.4 Å². The standard InChI is InChI=1S/C20H21N3O/c1-14-9-10-18(11-15(14)2)22-20-21-16(3)12-19(23-20)24-13-17-7-5-4-6-8-17/h4-12H,13H2,1-3H3,(H,21,22,23). The Morgan fingerprint density at radius 1 is 0.875 bits per heavy atom. The summed E-state index contributed by atoms with van der Waals surface area (Å²) in [4.78, 5) is 8.89. The molecular formula is C20H21N3O. The zero-order valence-corrected chi connectivity index (χ0v) is 14.2. The quantitative estimate of drug-likeness (QED) is 0.739. The molecule has 0 saturated heterocycles. The molecule has 0 fully saturated rings. The van der Waals surface area contributed by atoms with Crippen molar-refractivity contribution in [2.45, 2.75) is 27.4 Å². The Labute approximate surface area is 142 Å². The number of anilines is 2. The molecular weight excluding hydrogens is 298 g/mol. The van der Waals surface area contributed by atoms with E-state index in [1.54, 1.807) is 0 Å². The van der Waals surface area contributed by atoms with Crippen LogP contribution in [0.5, 0.6) is 5.88 Å². The van der Waals surface area contributed by atoms with Crippen molar-refractivity contribution < 1.29 is 4.74 Å². The van der Waals surface area contributed by atoms with Crippen LogP contribution in [0.1, 0.15) is 22.4 Å². The van der Waals surface area contributed by atoms with Crippen LogP contribution >= 0.6 is 0 Å². The molecule has 4 nitrogen and oxygen atoms in total. The summed E-state index contributed by atoms with van der Waals surface area (Å²) in [6, 6.07) is 18.1. The lowest BCUT2D eigenvalue weighted by atomic mass is 10.1. The molecule has 4 heteroatoms. The van der Waals surface area contributed by atoms with Gasteiger partial charge in [0.2, 0.25) is 11.8 Å². The fourth-order valence-electron chi connectivity index (χ4n) is 2.35. The molecule has 0 bridgehead atoms. The first-order valence-corrected chi connectivity index (χ1v) is 7.97. The normalized spacial score (nSPS) is 10.5. The van der Waals surface area contributed by atoms with Crippen molar-refractivity contribution in [1.82, 2.24) is 9.97 Å². The van der Waals surface area contributed by atoms with E-state index in [1.807, 2.05) is 49.4 Å². The topological polar surface area (TPSA) is 47.0 Å². The van der Waals surface area contributed by atoms with Crippen molar-refractivity contribution in [3.63, 3.8) is 0 Å². The number of nitrogens with zero attached hydrogens (tertiary/aromatic N) is 2. The fraction of sp³-hybridized carbons (Fsp3) is 0.200. The van der Waals surface area contributed by atoms with Crippen LogP contribution in [0.2, 0.25) is 0 Å². The van der Waals surface area contributed by atoms with Crippen LogP contribution in [0, 0.1) is 20.8 Å². The number of aryl methyl sites for hydroxylation is 3. The number of hydrogen-bond acceptors (Lipinski definition) is 4. The van der Waals surface area contributed by atoms with Crippen LogP contribution in [-0.4, -0.2) is 9.97 Å². The number of hydrogen-bond donors (Lipinski definition) is 1. The SMILES string of the molecule is Cc1cc(OCc2ccccc2)nc(Nc2ccc(C)c(C)c2)n1. The summed E-state index contributed by atoms with van der Waals surface area (Å²) in [5.74, 6) is 1.11. The fourth-order valence-corrected chi connectivity index (χ4v) is 2.35. The Balaban J connectivity index is 1.74. The number of aromatic nitrogens is 2. The van der Waals surface area contributed by atoms with Crippen molar-refractivity contribution in [1.29, 1.82) is 0 Å². The Morgan fingerprint density at radius 3 is 2.42 bits per heavy atom. The van der Waals surface area contributed by atoms with E-state index in [1.165, 1.54) is 11.1 Å². The van der Waals surface area contributed by atoms with E-state index in [0.717, 1.165) is 16.9 Å². The average Bonchev–Trinajstić information content (AvgIpc) is 2.57. The van der Waals surface area contributed by atoms with Gasteiger partial charge in [-0.15, -0.1) is 0 Å². The Hall–Kier alpha value is -2.88. The van der Waals surface area contributed by atoms with Crippen molar-refractivity contribution in [3.05, 3.63) is 77.0 Å². The van der Waals surface area contributed by atoms with E-state index in [9.17, 15) is 0 Å². The van der Waals surface area contributed by atoms with Gasteiger partial charge in [0.05, 0.1) is 0 Å². The van der Waals surface area contributed by atoms with E-state index in [2.05, 4.69) is 41.3 Å². The van der Waals surface area contributed by atoms with Crippen molar-refractivity contribution >= 4 is 11.6 Å². The largest absolute Gasteiger partial charge is 0.473 e. The highest BCUT2D eigenvalue weighted by Crippen LogP contribution is 2.20. The van der Waals surface area contributed by atoms with Gasteiger partial charge in [-0.1, -0.05) is 36.4 Å². The van der Waals surface area contributed by atoms with Gasteiger partial charge >= 0.3 is 0 Å². The third kappa shape index (κ3) is 4.10. The maximum atomic E-state index is 5.80. The summed E-state index contributed by atoms with van der Waals surface area (Å²) >= 11 is 0. The number of ether oxygens (including phenoxy) is 1. The van der Waals surface area contributed by atoms with Crippen LogP contribution in [0.3, 0.4) is 0 Å². The first-order valence-electron chi connectivity index (χ1n) is 7.97. The minimum Gasteiger partial charge on any atom is -0.473 e. The second-order valence-electron chi connectivity index (χ2n) is 5.87. The lowest BCUT2D eigenvalue weighted by molar-refractivity contribution is 0.293. The molecule has 0 aliphatic rings. The van der Waals surface area contributed by atoms with E-state index >= 15 is 0 Å². The molecule has 0 aliphatic heterocycles. The molecule has 1 heterocycles. The van der Waals surface area contributed by atoms with Gasteiger partial charge in [0.1, 0.15) is 6.61 Å². The molecule has 3 rings (SSSR count). The van der Waals surface area contributed by atoms with Crippen LogP contribution in [-0.2, 0) is 6.61 Å². The molecule has 1 aromatic heterocycles. The Bertz CT molecular complexity index is 832. The molecule has 3 aromatic rings. The summed E-state index contributed by atoms with van der Waals surface area (Å²) in [6.07, 6.45) is 0. The summed E-state index contributed by atoms with van der Waals surface area (Å²) in [7, 11) is 0. The average molecular weight is 319 g/mol. The maximum Gasteiger partial charge on any atom is 0.230 e. The molecule has 2 aromatic carbocycles. The van der Waals surface area contributed by atoms with Crippen molar-refractivity contribution in [2.75, 3.05) is 5.32 Å². The van der Waals surface area contributed by atoms with Gasteiger partial charge in [-0.25, -0.2) is 4.98 Å². The highest BCUT2D eigenvalue weighted by Gasteiger charge is 2.05. The molecule has 0 atom stereocenters. The van der Waals surface area contributed by atoms with Crippen molar-refractivity contribution in [3.8, 4) is 5.88 Å². The van der Waals surface area contributed by atoms with Gasteiger partial charge in [-0.2, -0.15) is 4.98 Å². The minimum absolute atomic E-state index is 0.486. The van der Waals surface area contributed by atoms with Gasteiger partial charge in [0, 0.05) is 17.4 Å². The predicted octanol–water partition coefficient (Wildman–Crippen LogP) is 4.72. The van der Waals surface area contributed by atoms with Gasteiger partial charge < -0.3 is 10.1 Å². The zero-order valence-electron chi connectivity index (χ0n) is 14.2. The maximum absolute atomic E-state index is 5.80. The first-order chi connectivity index (χ1) is 11.6. The Kier molecular flexibility index (Phi) is 4.75. The molecule has 0 unspecified atom stereocenters. The third-order valence-corrected chi connectivity index (χ3v) is 3.82. The summed E-state index contributed by atoms with van der Waals surface area (Å²) < 4.78 is 5.80. The third-order valence-electron chi connectivity index (χ3n) is 3.82. The highest BCUT2D eigenvalue weighted by atomic mass is 16.5. The van der Waals surface area contributed by atoms with Gasteiger partial charge in [0.15, 0.2) is 0 Å². The molecule has 122 valence electrons. The van der Waals surface area contributed by atoms with Gasteiger partial charge in [0.25, 0.3) is 0 Å². The monoisotopic (exact) mass is 319 g/mol. The van der Waals surface area contributed by atoms with Crippen LogP contribution < -0.4 is 10.1 Å². The van der Waals surface area contributed by atoms with Crippen LogP contribution in [0.25, 0.3) is 0 Å². The molecule has 1 N–H and O–H groups in total. The summed E-state index contributed by atoms with van der Waals surface area (Å²) in [6.45, 7) is 6.60. The van der Waals surface area contributed by atoms with E-state index < -0.39 is 0 Å². The highest BCUT2D eigenvalue weighted by molar-refractivity contribution is 5.56. The smallest absolute Gasteiger partial charge is 0.230 e. The number of rotatable bonds is 5. The van der Waals surface area contributed by atoms with E-state index in [-0.39, 0.29) is 0 Å². The molecule has 0 radical (unpaired) electrons. The predicted molar refractivity (Wildman–Crippen MR) is 96.7 cm³/mol. The number of benzene rings is 2. The molecule has 0 aliphatic carbocycles. The van der Waals surface area contributed by atoms with Gasteiger partial charge in [-0.3, -0.25) is 0 Å². The first kappa shape index (κ1) is 16.0.